The molecule has 0 fully saturated rings. The second kappa shape index (κ2) is 7.56. The molecule has 1 aromatic heterocycles. The molecule has 0 saturated carbocycles. The highest BCUT2D eigenvalue weighted by molar-refractivity contribution is 6.29. The van der Waals surface area contributed by atoms with E-state index < -0.39 is 5.97 Å². The molecule has 1 atom stereocenters. The first-order valence-electron chi connectivity index (χ1n) is 6.69. The molecule has 1 N–H and O–H groups in total. The van der Waals surface area contributed by atoms with Crippen LogP contribution in [0, 0.1) is 0 Å². The average molecular weight is 319 g/mol. The van der Waals surface area contributed by atoms with Crippen LogP contribution >= 0.6 is 11.6 Å². The molecule has 0 bridgehead atoms. The van der Waals surface area contributed by atoms with Crippen molar-refractivity contribution in [2.45, 2.75) is 13.0 Å². The van der Waals surface area contributed by atoms with E-state index in [1.54, 1.807) is 0 Å². The van der Waals surface area contributed by atoms with Gasteiger partial charge in [0.2, 0.25) is 0 Å². The van der Waals surface area contributed by atoms with Crippen LogP contribution in [0.4, 0.5) is 0 Å². The molecule has 2 rings (SSSR count). The quantitative estimate of drug-likeness (QED) is 0.680. The number of hydrogen-bond donors (Lipinski definition) is 1. The number of benzene rings is 1. The lowest BCUT2D eigenvalue weighted by atomic mass is 10.1. The Morgan fingerprint density at radius 3 is 2.59 bits per heavy atom. The molecule has 0 spiro atoms. The van der Waals surface area contributed by atoms with Crippen LogP contribution in [0.25, 0.3) is 0 Å². The first-order chi connectivity index (χ1) is 10.6. The van der Waals surface area contributed by atoms with E-state index in [9.17, 15) is 9.59 Å². The van der Waals surface area contributed by atoms with Crippen molar-refractivity contribution < 1.29 is 14.3 Å². The summed E-state index contributed by atoms with van der Waals surface area (Å²) < 4.78 is 4.93. The van der Waals surface area contributed by atoms with Crippen molar-refractivity contribution in [3.8, 4) is 0 Å². The van der Waals surface area contributed by atoms with E-state index >= 15 is 0 Å². The molecule has 6 heteroatoms. The summed E-state index contributed by atoms with van der Waals surface area (Å²) in [6, 6.07) is 12.3. The van der Waals surface area contributed by atoms with Crippen molar-refractivity contribution in [1.29, 1.82) is 0 Å². The number of hydrogen-bond acceptors (Lipinski definition) is 4. The minimum atomic E-state index is -0.619. The molecule has 1 heterocycles. The van der Waals surface area contributed by atoms with Gasteiger partial charge in [0.05, 0.1) is 11.6 Å². The van der Waals surface area contributed by atoms with Gasteiger partial charge in [-0.3, -0.25) is 4.79 Å². The summed E-state index contributed by atoms with van der Waals surface area (Å²) in [5, 5.41) is 3.04. The summed E-state index contributed by atoms with van der Waals surface area (Å²) in [7, 11) is 0. The second-order valence-corrected chi connectivity index (χ2v) is 5.03. The zero-order chi connectivity index (χ0) is 15.9. The Kier molecular flexibility index (Phi) is 5.49. The normalized spacial score (nSPS) is 11.5. The Hall–Kier alpha value is -2.40. The number of carbonyl (C=O) groups excluding carboxylic acids is 2. The Bertz CT molecular complexity index is 644. The van der Waals surface area contributed by atoms with Gasteiger partial charge in [0, 0.05) is 6.20 Å². The van der Waals surface area contributed by atoms with Gasteiger partial charge in [-0.2, -0.15) is 0 Å². The molecular formula is C16H15ClN2O3. The number of ether oxygens (including phenoxy) is 1. The molecular weight excluding hydrogens is 304 g/mol. The third-order valence-corrected chi connectivity index (χ3v) is 3.20. The zero-order valence-corrected chi connectivity index (χ0v) is 12.7. The number of carbonyl (C=O) groups is 2. The topological polar surface area (TPSA) is 68.3 Å². The lowest BCUT2D eigenvalue weighted by molar-refractivity contribution is -0.124. The smallest absolute Gasteiger partial charge is 0.340 e. The van der Waals surface area contributed by atoms with Gasteiger partial charge < -0.3 is 10.1 Å². The molecule has 2 aromatic rings. The number of aromatic nitrogens is 1. The molecule has 1 aromatic carbocycles. The minimum Gasteiger partial charge on any atom is -0.452 e. The zero-order valence-electron chi connectivity index (χ0n) is 12.0. The Labute approximate surface area is 133 Å². The van der Waals surface area contributed by atoms with Crippen molar-refractivity contribution in [2.75, 3.05) is 6.61 Å². The molecule has 1 amide bonds. The lowest BCUT2D eigenvalue weighted by Gasteiger charge is -2.14. The summed E-state index contributed by atoms with van der Waals surface area (Å²) in [4.78, 5) is 27.3. The molecule has 22 heavy (non-hydrogen) atoms. The van der Waals surface area contributed by atoms with E-state index in [-0.39, 0.29) is 29.3 Å². The highest BCUT2D eigenvalue weighted by Gasteiger charge is 2.13. The van der Waals surface area contributed by atoms with Gasteiger partial charge in [0.15, 0.2) is 6.61 Å². The Balaban J connectivity index is 1.82. The van der Waals surface area contributed by atoms with Gasteiger partial charge in [-0.25, -0.2) is 9.78 Å². The van der Waals surface area contributed by atoms with Crippen molar-refractivity contribution in [3.63, 3.8) is 0 Å². The van der Waals surface area contributed by atoms with Crippen LogP contribution in [-0.4, -0.2) is 23.5 Å². The molecule has 0 radical (unpaired) electrons. The molecule has 0 aliphatic rings. The van der Waals surface area contributed by atoms with Crippen LogP contribution in [0.2, 0.25) is 5.15 Å². The summed E-state index contributed by atoms with van der Waals surface area (Å²) in [5.41, 5.74) is 1.22. The van der Waals surface area contributed by atoms with Crippen molar-refractivity contribution in [3.05, 3.63) is 64.9 Å². The van der Waals surface area contributed by atoms with Gasteiger partial charge in [0.1, 0.15) is 5.15 Å². The van der Waals surface area contributed by atoms with Gasteiger partial charge >= 0.3 is 5.97 Å². The maximum Gasteiger partial charge on any atom is 0.340 e. The Morgan fingerprint density at radius 2 is 1.95 bits per heavy atom. The van der Waals surface area contributed by atoms with Crippen LogP contribution in [-0.2, 0) is 9.53 Å². The third kappa shape index (κ3) is 4.56. The number of nitrogens with one attached hydrogen (secondary N) is 1. The number of esters is 1. The number of nitrogens with zero attached hydrogens (tertiary/aromatic N) is 1. The summed E-state index contributed by atoms with van der Waals surface area (Å²) in [6.07, 6.45) is 1.30. The fourth-order valence-corrected chi connectivity index (χ4v) is 1.93. The number of pyridine rings is 1. The highest BCUT2D eigenvalue weighted by Crippen LogP contribution is 2.11. The largest absolute Gasteiger partial charge is 0.452 e. The van der Waals surface area contributed by atoms with Crippen LogP contribution in [0.3, 0.4) is 0 Å². The predicted molar refractivity (Wildman–Crippen MR) is 82.5 cm³/mol. The van der Waals surface area contributed by atoms with Crippen LogP contribution < -0.4 is 5.32 Å². The van der Waals surface area contributed by atoms with E-state index in [0.29, 0.717) is 0 Å². The predicted octanol–water partition coefficient (Wildman–Crippen LogP) is 2.77. The van der Waals surface area contributed by atoms with Gasteiger partial charge in [-0.15, -0.1) is 0 Å². The van der Waals surface area contributed by atoms with Crippen LogP contribution in [0.5, 0.6) is 0 Å². The fourth-order valence-electron chi connectivity index (χ4n) is 1.82. The van der Waals surface area contributed by atoms with E-state index in [4.69, 9.17) is 16.3 Å². The third-order valence-electron chi connectivity index (χ3n) is 2.97. The van der Waals surface area contributed by atoms with Crippen LogP contribution in [0.1, 0.15) is 28.9 Å². The summed E-state index contributed by atoms with van der Waals surface area (Å²) in [5.74, 6) is -0.988. The molecule has 114 valence electrons. The lowest BCUT2D eigenvalue weighted by Crippen LogP contribution is -2.31. The number of amides is 1. The molecule has 0 aliphatic heterocycles. The molecule has 5 nitrogen and oxygen atoms in total. The number of halogens is 1. The first kappa shape index (κ1) is 16.0. The van der Waals surface area contributed by atoms with E-state index in [2.05, 4.69) is 10.3 Å². The number of rotatable bonds is 5. The second-order valence-electron chi connectivity index (χ2n) is 4.65. The summed E-state index contributed by atoms with van der Waals surface area (Å²) >= 11 is 5.63. The SMILES string of the molecule is CC(NC(=O)COC(=O)c1ccc(Cl)nc1)c1ccccc1. The Morgan fingerprint density at radius 1 is 1.23 bits per heavy atom. The van der Waals surface area contributed by atoms with E-state index in [1.807, 2.05) is 37.3 Å². The highest BCUT2D eigenvalue weighted by atomic mass is 35.5. The first-order valence-corrected chi connectivity index (χ1v) is 7.07. The fraction of sp³-hybridized carbons (Fsp3) is 0.188. The monoisotopic (exact) mass is 318 g/mol. The molecule has 0 saturated heterocycles. The van der Waals surface area contributed by atoms with E-state index in [1.165, 1.54) is 18.3 Å². The molecule has 0 aliphatic carbocycles. The summed E-state index contributed by atoms with van der Waals surface area (Å²) in [6.45, 7) is 1.51. The molecule has 1 unspecified atom stereocenters. The average Bonchev–Trinajstić information content (AvgIpc) is 2.54. The maximum atomic E-state index is 11.8. The van der Waals surface area contributed by atoms with Gasteiger partial charge in [0.25, 0.3) is 5.91 Å². The maximum absolute atomic E-state index is 11.8. The van der Waals surface area contributed by atoms with E-state index in [0.717, 1.165) is 5.56 Å². The van der Waals surface area contributed by atoms with Gasteiger partial charge in [-0.1, -0.05) is 41.9 Å². The minimum absolute atomic E-state index is 0.162. The van der Waals surface area contributed by atoms with Crippen molar-refractivity contribution in [2.24, 2.45) is 0 Å². The van der Waals surface area contributed by atoms with Crippen molar-refractivity contribution in [1.82, 2.24) is 10.3 Å². The van der Waals surface area contributed by atoms with Crippen molar-refractivity contribution >= 4 is 23.5 Å². The van der Waals surface area contributed by atoms with Crippen LogP contribution in [0.15, 0.2) is 48.7 Å². The van der Waals surface area contributed by atoms with Gasteiger partial charge in [-0.05, 0) is 24.6 Å². The standard InChI is InChI=1S/C16H15ClN2O3/c1-11(12-5-3-2-4-6-12)19-15(20)10-22-16(21)13-7-8-14(17)18-9-13/h2-9,11H,10H2,1H3,(H,19,20).